The summed E-state index contributed by atoms with van der Waals surface area (Å²) in [5, 5.41) is 0. The maximum Gasteiger partial charge on any atom is 0.227 e. The molecule has 0 saturated carbocycles. The van der Waals surface area contributed by atoms with Crippen LogP contribution in [0.15, 0.2) is 80.6 Å². The predicted octanol–water partition coefficient (Wildman–Crippen LogP) is 6.32. The maximum absolute atomic E-state index is 5.86. The Morgan fingerprint density at radius 3 is 2.44 bits per heavy atom. The number of fused-ring (bicyclic) bond motifs is 1. The number of aryl methyl sites for hydroxylation is 1. The van der Waals surface area contributed by atoms with Gasteiger partial charge in [-0.1, -0.05) is 40.2 Å². The molecule has 0 aliphatic heterocycles. The number of halogens is 1. The normalized spacial score (nSPS) is 11.4. The van der Waals surface area contributed by atoms with Crippen molar-refractivity contribution in [3.05, 3.63) is 82.3 Å². The third kappa shape index (κ3) is 3.39. The smallest absolute Gasteiger partial charge is 0.227 e. The fraction of sp³-hybridized carbons (Fsp3) is 0.0476. The zero-order valence-electron chi connectivity index (χ0n) is 13.6. The van der Waals surface area contributed by atoms with E-state index in [-0.39, 0.29) is 0 Å². The summed E-state index contributed by atoms with van der Waals surface area (Å²) in [6.45, 7) is 2.04. The zero-order chi connectivity index (χ0) is 17.2. The van der Waals surface area contributed by atoms with Gasteiger partial charge < -0.3 is 4.42 Å². The number of hydrogen-bond acceptors (Lipinski definition) is 3. The number of aromatic nitrogens is 1. The van der Waals surface area contributed by atoms with Gasteiger partial charge in [0.2, 0.25) is 5.89 Å². The Bertz CT molecular complexity index is 1050. The van der Waals surface area contributed by atoms with E-state index >= 15 is 0 Å². The fourth-order valence-electron chi connectivity index (χ4n) is 2.60. The van der Waals surface area contributed by atoms with E-state index in [0.717, 1.165) is 38.0 Å². The second kappa shape index (κ2) is 6.65. The van der Waals surface area contributed by atoms with Crippen LogP contribution >= 0.6 is 15.9 Å². The second-order valence-corrected chi connectivity index (χ2v) is 6.71. The molecule has 1 aromatic heterocycles. The van der Waals surface area contributed by atoms with Crippen LogP contribution in [0.3, 0.4) is 0 Å². The lowest BCUT2D eigenvalue weighted by Gasteiger charge is -1.97. The molecule has 0 aliphatic carbocycles. The van der Waals surface area contributed by atoms with Crippen molar-refractivity contribution in [2.75, 3.05) is 0 Å². The highest BCUT2D eigenvalue weighted by atomic mass is 79.9. The highest BCUT2D eigenvalue weighted by Gasteiger charge is 2.09. The summed E-state index contributed by atoms with van der Waals surface area (Å²) in [5.74, 6) is 0.632. The zero-order valence-corrected chi connectivity index (χ0v) is 15.2. The average Bonchev–Trinajstić information content (AvgIpc) is 3.07. The van der Waals surface area contributed by atoms with E-state index in [9.17, 15) is 0 Å². The molecule has 0 atom stereocenters. The largest absolute Gasteiger partial charge is 0.436 e. The van der Waals surface area contributed by atoms with Crippen LogP contribution in [-0.4, -0.2) is 11.2 Å². The topological polar surface area (TPSA) is 38.4 Å². The van der Waals surface area contributed by atoms with Crippen molar-refractivity contribution in [1.29, 1.82) is 0 Å². The Morgan fingerprint density at radius 1 is 0.960 bits per heavy atom. The number of hydrogen-bond donors (Lipinski definition) is 0. The number of nitrogens with zero attached hydrogens (tertiary/aromatic N) is 2. The standard InChI is InChI=1S/C21H15BrN2O/c1-14-3-2-4-19-20(14)24-21(25-19)16-7-11-18(12-8-16)23-13-15-5-9-17(22)10-6-15/h2-13H,1H3. The minimum atomic E-state index is 0.632. The van der Waals surface area contributed by atoms with Crippen molar-refractivity contribution < 1.29 is 4.42 Å². The third-order valence-electron chi connectivity index (χ3n) is 3.97. The van der Waals surface area contributed by atoms with E-state index in [1.165, 1.54) is 0 Å². The molecule has 0 amide bonds. The third-order valence-corrected chi connectivity index (χ3v) is 4.50. The van der Waals surface area contributed by atoms with Gasteiger partial charge in [0.05, 0.1) is 5.69 Å². The molecule has 0 bridgehead atoms. The lowest BCUT2D eigenvalue weighted by molar-refractivity contribution is 0.620. The first-order chi connectivity index (χ1) is 12.2. The van der Waals surface area contributed by atoms with E-state index in [0.29, 0.717) is 5.89 Å². The Morgan fingerprint density at radius 2 is 1.72 bits per heavy atom. The van der Waals surface area contributed by atoms with Crippen LogP contribution in [0.1, 0.15) is 11.1 Å². The summed E-state index contributed by atoms with van der Waals surface area (Å²) in [4.78, 5) is 9.11. The molecule has 3 nitrogen and oxygen atoms in total. The SMILES string of the molecule is Cc1cccc2oc(-c3ccc(N=Cc4ccc(Br)cc4)cc3)nc12. The molecular formula is C21H15BrN2O. The fourth-order valence-corrected chi connectivity index (χ4v) is 2.86. The molecule has 122 valence electrons. The Labute approximate surface area is 154 Å². The van der Waals surface area contributed by atoms with Crippen LogP contribution in [0.5, 0.6) is 0 Å². The van der Waals surface area contributed by atoms with Crippen molar-refractivity contribution in [3.8, 4) is 11.5 Å². The van der Waals surface area contributed by atoms with Crippen molar-refractivity contribution >= 4 is 38.9 Å². The Hall–Kier alpha value is -2.72. The van der Waals surface area contributed by atoms with Gasteiger partial charge in [0, 0.05) is 16.3 Å². The number of benzene rings is 3. The maximum atomic E-state index is 5.86. The highest BCUT2D eigenvalue weighted by molar-refractivity contribution is 9.10. The van der Waals surface area contributed by atoms with Gasteiger partial charge in [0.1, 0.15) is 5.52 Å². The lowest BCUT2D eigenvalue weighted by atomic mass is 10.2. The summed E-state index contributed by atoms with van der Waals surface area (Å²) in [6.07, 6.45) is 1.85. The molecule has 4 aromatic rings. The van der Waals surface area contributed by atoms with Gasteiger partial charge in [-0.25, -0.2) is 4.98 Å². The highest BCUT2D eigenvalue weighted by Crippen LogP contribution is 2.27. The van der Waals surface area contributed by atoms with E-state index in [1.54, 1.807) is 0 Å². The number of rotatable bonds is 3. The molecule has 0 radical (unpaired) electrons. The molecule has 0 N–H and O–H groups in total. The van der Waals surface area contributed by atoms with E-state index in [1.807, 2.05) is 79.9 Å². The van der Waals surface area contributed by atoms with E-state index in [2.05, 4.69) is 25.9 Å². The molecular weight excluding hydrogens is 376 g/mol. The number of aliphatic imine (C=N–C) groups is 1. The summed E-state index contributed by atoms with van der Waals surface area (Å²) in [5.41, 5.74) is 5.73. The lowest BCUT2D eigenvalue weighted by Crippen LogP contribution is -1.80. The molecule has 0 saturated heterocycles. The van der Waals surface area contributed by atoms with Crippen molar-refractivity contribution in [2.24, 2.45) is 4.99 Å². The summed E-state index contributed by atoms with van der Waals surface area (Å²) in [7, 11) is 0. The molecule has 0 fully saturated rings. The summed E-state index contributed by atoms with van der Waals surface area (Å²) < 4.78 is 6.92. The quantitative estimate of drug-likeness (QED) is 0.384. The second-order valence-electron chi connectivity index (χ2n) is 5.80. The van der Waals surface area contributed by atoms with E-state index < -0.39 is 0 Å². The monoisotopic (exact) mass is 390 g/mol. The van der Waals surface area contributed by atoms with Gasteiger partial charge in [0.25, 0.3) is 0 Å². The van der Waals surface area contributed by atoms with Gasteiger partial charge in [-0.2, -0.15) is 0 Å². The molecule has 1 heterocycles. The molecule has 0 unspecified atom stereocenters. The van der Waals surface area contributed by atoms with E-state index in [4.69, 9.17) is 4.42 Å². The molecule has 3 aromatic carbocycles. The number of para-hydroxylation sites is 1. The summed E-state index contributed by atoms with van der Waals surface area (Å²) in [6, 6.07) is 21.9. The van der Waals surface area contributed by atoms with Crippen LogP contribution < -0.4 is 0 Å². The van der Waals surface area contributed by atoms with Crippen molar-refractivity contribution in [1.82, 2.24) is 4.98 Å². The minimum Gasteiger partial charge on any atom is -0.436 e. The number of oxazole rings is 1. The Kier molecular flexibility index (Phi) is 4.20. The van der Waals surface area contributed by atoms with Gasteiger partial charge in [0.15, 0.2) is 5.58 Å². The van der Waals surface area contributed by atoms with Crippen molar-refractivity contribution in [2.45, 2.75) is 6.92 Å². The van der Waals surface area contributed by atoms with Crippen LogP contribution in [-0.2, 0) is 0 Å². The first-order valence-corrected chi connectivity index (χ1v) is 8.74. The van der Waals surface area contributed by atoms with Gasteiger partial charge in [-0.05, 0) is 60.5 Å². The average molecular weight is 391 g/mol. The summed E-state index contributed by atoms with van der Waals surface area (Å²) >= 11 is 3.43. The minimum absolute atomic E-state index is 0.632. The van der Waals surface area contributed by atoms with Crippen LogP contribution in [0.25, 0.3) is 22.6 Å². The predicted molar refractivity (Wildman–Crippen MR) is 106 cm³/mol. The first kappa shape index (κ1) is 15.8. The van der Waals surface area contributed by atoms with Crippen LogP contribution in [0, 0.1) is 6.92 Å². The van der Waals surface area contributed by atoms with Crippen LogP contribution in [0.4, 0.5) is 5.69 Å². The van der Waals surface area contributed by atoms with Crippen molar-refractivity contribution in [3.63, 3.8) is 0 Å². The molecule has 0 spiro atoms. The van der Waals surface area contributed by atoms with Gasteiger partial charge >= 0.3 is 0 Å². The van der Waals surface area contributed by atoms with Gasteiger partial charge in [-0.15, -0.1) is 0 Å². The first-order valence-electron chi connectivity index (χ1n) is 7.95. The van der Waals surface area contributed by atoms with Gasteiger partial charge in [-0.3, -0.25) is 4.99 Å². The molecule has 0 aliphatic rings. The molecule has 25 heavy (non-hydrogen) atoms. The van der Waals surface area contributed by atoms with Crippen LogP contribution in [0.2, 0.25) is 0 Å². The molecule has 4 rings (SSSR count). The molecule has 4 heteroatoms. The Balaban J connectivity index is 1.58.